The summed E-state index contributed by atoms with van der Waals surface area (Å²) in [6.07, 6.45) is 2.29. The number of hydrogen-bond acceptors (Lipinski definition) is 2. The van der Waals surface area contributed by atoms with Crippen molar-refractivity contribution in [2.24, 2.45) is 0 Å². The van der Waals surface area contributed by atoms with Gasteiger partial charge in [-0.2, -0.15) is 8.42 Å². The van der Waals surface area contributed by atoms with Crippen LogP contribution in [0.25, 0.3) is 0 Å². The van der Waals surface area contributed by atoms with Crippen molar-refractivity contribution in [2.45, 2.75) is 33.1 Å². The Bertz CT molecular complexity index is 181. The number of rotatable bonds is 3. The standard InChI is InChI=1S/C6H12O2S/c1-3-5-6(4-2)9(7)8/h3-5H2,1-2H3. The van der Waals surface area contributed by atoms with E-state index in [1.54, 1.807) is 0 Å². The van der Waals surface area contributed by atoms with Crippen molar-refractivity contribution in [2.75, 3.05) is 0 Å². The zero-order chi connectivity index (χ0) is 7.28. The third kappa shape index (κ3) is 3.30. The molecular weight excluding hydrogens is 136 g/mol. The summed E-state index contributed by atoms with van der Waals surface area (Å²) in [5.74, 6) is 0. The Morgan fingerprint density at radius 1 is 1.33 bits per heavy atom. The van der Waals surface area contributed by atoms with Crippen LogP contribution in [0.2, 0.25) is 0 Å². The maximum Gasteiger partial charge on any atom is 0.213 e. The van der Waals surface area contributed by atoms with E-state index in [0.29, 0.717) is 17.7 Å². The monoisotopic (exact) mass is 148 g/mol. The molecule has 0 saturated heterocycles. The van der Waals surface area contributed by atoms with E-state index in [1.165, 1.54) is 0 Å². The summed E-state index contributed by atoms with van der Waals surface area (Å²) in [7, 11) is -1.94. The molecule has 0 amide bonds. The molecule has 0 aromatic heterocycles. The molecule has 0 fully saturated rings. The predicted molar refractivity (Wildman–Crippen MR) is 39.1 cm³/mol. The van der Waals surface area contributed by atoms with Crippen LogP contribution in [0.4, 0.5) is 0 Å². The second kappa shape index (κ2) is 4.56. The topological polar surface area (TPSA) is 34.1 Å². The van der Waals surface area contributed by atoms with Crippen LogP contribution in [0.1, 0.15) is 33.1 Å². The van der Waals surface area contributed by atoms with Crippen molar-refractivity contribution >= 4 is 15.2 Å². The highest BCUT2D eigenvalue weighted by Gasteiger charge is 1.93. The van der Waals surface area contributed by atoms with E-state index in [0.717, 1.165) is 6.42 Å². The fourth-order valence-corrected chi connectivity index (χ4v) is 1.26. The van der Waals surface area contributed by atoms with E-state index in [2.05, 4.69) is 0 Å². The second-order valence-corrected chi connectivity index (χ2v) is 2.92. The van der Waals surface area contributed by atoms with Gasteiger partial charge in [0.1, 0.15) is 0 Å². The van der Waals surface area contributed by atoms with Gasteiger partial charge in [-0.3, -0.25) is 0 Å². The van der Waals surface area contributed by atoms with Gasteiger partial charge in [0.2, 0.25) is 10.3 Å². The molecule has 0 aromatic rings. The Morgan fingerprint density at radius 2 is 1.89 bits per heavy atom. The summed E-state index contributed by atoms with van der Waals surface area (Å²) in [5, 5.41) is 0. The van der Waals surface area contributed by atoms with Crippen LogP contribution in [0, 0.1) is 0 Å². The van der Waals surface area contributed by atoms with E-state index in [1.807, 2.05) is 13.8 Å². The van der Waals surface area contributed by atoms with Gasteiger partial charge in [-0.1, -0.05) is 20.3 Å². The molecule has 0 aromatic carbocycles. The van der Waals surface area contributed by atoms with Gasteiger partial charge in [0.05, 0.1) is 0 Å². The summed E-state index contributed by atoms with van der Waals surface area (Å²) < 4.78 is 20.6. The minimum Gasteiger partial charge on any atom is -0.185 e. The lowest BCUT2D eigenvalue weighted by Crippen LogP contribution is -1.95. The van der Waals surface area contributed by atoms with Gasteiger partial charge in [-0.15, -0.1) is 0 Å². The van der Waals surface area contributed by atoms with Gasteiger partial charge in [0.25, 0.3) is 0 Å². The summed E-state index contributed by atoms with van der Waals surface area (Å²) in [6, 6.07) is 0. The Labute approximate surface area is 57.4 Å². The lowest BCUT2D eigenvalue weighted by Gasteiger charge is -1.91. The van der Waals surface area contributed by atoms with Gasteiger partial charge in [0, 0.05) is 4.86 Å². The molecule has 0 aliphatic heterocycles. The Hall–Kier alpha value is -0.310. The zero-order valence-corrected chi connectivity index (χ0v) is 6.66. The largest absolute Gasteiger partial charge is 0.213 e. The SMILES string of the molecule is CCCC(CC)=S(=O)=O. The van der Waals surface area contributed by atoms with Gasteiger partial charge in [-0.25, -0.2) is 0 Å². The smallest absolute Gasteiger partial charge is 0.185 e. The molecule has 54 valence electrons. The van der Waals surface area contributed by atoms with Crippen LogP contribution in [0.5, 0.6) is 0 Å². The second-order valence-electron chi connectivity index (χ2n) is 1.88. The summed E-state index contributed by atoms with van der Waals surface area (Å²) in [5.41, 5.74) is 0. The third-order valence-electron chi connectivity index (χ3n) is 1.16. The first kappa shape index (κ1) is 8.69. The minimum atomic E-state index is -1.94. The molecule has 3 heteroatoms. The lowest BCUT2D eigenvalue weighted by molar-refractivity contribution is 0.626. The van der Waals surface area contributed by atoms with E-state index in [4.69, 9.17) is 0 Å². The fourth-order valence-electron chi connectivity index (χ4n) is 0.657. The average Bonchev–Trinajstić information content (AvgIpc) is 1.82. The van der Waals surface area contributed by atoms with Crippen molar-refractivity contribution in [3.63, 3.8) is 0 Å². The van der Waals surface area contributed by atoms with E-state index >= 15 is 0 Å². The minimum absolute atomic E-state index is 0.637. The average molecular weight is 148 g/mol. The molecule has 0 bridgehead atoms. The maximum absolute atomic E-state index is 10.3. The normalized spacial score (nSPS) is 9.11. The van der Waals surface area contributed by atoms with Crippen LogP contribution in [-0.4, -0.2) is 13.3 Å². The first-order valence-corrected chi connectivity index (χ1v) is 4.23. The maximum atomic E-state index is 10.3. The zero-order valence-electron chi connectivity index (χ0n) is 5.85. The molecule has 0 atom stereocenters. The quantitative estimate of drug-likeness (QED) is 0.564. The molecular formula is C6H12O2S. The first-order valence-electron chi connectivity index (χ1n) is 3.16. The highest BCUT2D eigenvalue weighted by Crippen LogP contribution is 1.93. The molecule has 0 rings (SSSR count). The van der Waals surface area contributed by atoms with Gasteiger partial charge in [0.15, 0.2) is 0 Å². The molecule has 0 N–H and O–H groups in total. The van der Waals surface area contributed by atoms with Crippen LogP contribution in [0.15, 0.2) is 0 Å². The van der Waals surface area contributed by atoms with Gasteiger partial charge < -0.3 is 0 Å². The molecule has 0 unspecified atom stereocenters. The predicted octanol–water partition coefficient (Wildman–Crippen LogP) is 1.25. The van der Waals surface area contributed by atoms with E-state index in [-0.39, 0.29) is 0 Å². The van der Waals surface area contributed by atoms with E-state index < -0.39 is 10.3 Å². The van der Waals surface area contributed by atoms with Crippen molar-refractivity contribution in [1.82, 2.24) is 0 Å². The summed E-state index contributed by atoms with van der Waals surface area (Å²) in [4.78, 5) is 0.637. The molecule has 2 nitrogen and oxygen atoms in total. The van der Waals surface area contributed by atoms with Crippen LogP contribution in [0.3, 0.4) is 0 Å². The molecule has 0 spiro atoms. The third-order valence-corrected chi connectivity index (χ3v) is 2.12. The van der Waals surface area contributed by atoms with Crippen LogP contribution < -0.4 is 0 Å². The Kier molecular flexibility index (Phi) is 4.40. The number of hydrogen-bond donors (Lipinski definition) is 0. The van der Waals surface area contributed by atoms with Crippen LogP contribution >= 0.6 is 0 Å². The van der Waals surface area contributed by atoms with Crippen molar-refractivity contribution < 1.29 is 8.42 Å². The van der Waals surface area contributed by atoms with Crippen LogP contribution in [-0.2, 0) is 10.3 Å². The van der Waals surface area contributed by atoms with Crippen molar-refractivity contribution in [1.29, 1.82) is 0 Å². The van der Waals surface area contributed by atoms with Gasteiger partial charge in [-0.05, 0) is 12.8 Å². The summed E-state index contributed by atoms with van der Waals surface area (Å²) >= 11 is 0. The van der Waals surface area contributed by atoms with Crippen molar-refractivity contribution in [3.8, 4) is 0 Å². The Morgan fingerprint density at radius 3 is 2.00 bits per heavy atom. The molecule has 0 radical (unpaired) electrons. The van der Waals surface area contributed by atoms with Crippen molar-refractivity contribution in [3.05, 3.63) is 0 Å². The molecule has 0 aliphatic rings. The first-order chi connectivity index (χ1) is 4.22. The van der Waals surface area contributed by atoms with E-state index in [9.17, 15) is 8.42 Å². The fraction of sp³-hybridized carbons (Fsp3) is 0.833. The highest BCUT2D eigenvalue weighted by molar-refractivity contribution is 7.72. The lowest BCUT2D eigenvalue weighted by atomic mass is 10.2. The molecule has 0 aliphatic carbocycles. The van der Waals surface area contributed by atoms with Gasteiger partial charge >= 0.3 is 0 Å². The Balaban J connectivity index is 4.18. The molecule has 0 saturated carbocycles. The highest BCUT2D eigenvalue weighted by atomic mass is 32.2. The molecule has 9 heavy (non-hydrogen) atoms. The summed E-state index contributed by atoms with van der Waals surface area (Å²) in [6.45, 7) is 3.84. The molecule has 0 heterocycles.